The number of hydrogen-bond donors (Lipinski definition) is 1. The van der Waals surface area contributed by atoms with Crippen LogP contribution < -0.4 is 14.4 Å². The van der Waals surface area contributed by atoms with Gasteiger partial charge in [0.2, 0.25) is 5.91 Å². The second-order valence-electron chi connectivity index (χ2n) is 6.28. The fraction of sp³-hybridized carbons (Fsp3) is 0.316. The molecular weight excluding hydrogens is 385 g/mol. The molecule has 0 aliphatic rings. The summed E-state index contributed by atoms with van der Waals surface area (Å²) in [4.78, 5) is 12.6. The molecule has 0 aromatic heterocycles. The monoisotopic (exact) mass is 409 g/mol. The molecule has 1 amide bonds. The molecule has 0 saturated carbocycles. The molecule has 1 N–H and O–H groups in total. The molecule has 0 aliphatic carbocycles. The lowest BCUT2D eigenvalue weighted by atomic mass is 10.1. The molecule has 28 heavy (non-hydrogen) atoms. The number of nitrogens with one attached hydrogen (secondary N) is 1. The SMILES string of the molecule is COc1ccccc1C(C)NC(=O)CN(c1ccccc1F)S(=O)(=O)N(C)C. The Morgan fingerprint density at radius 1 is 1.14 bits per heavy atom. The zero-order chi connectivity index (χ0) is 20.9. The van der Waals surface area contributed by atoms with Gasteiger partial charge in [0.25, 0.3) is 0 Å². The second kappa shape index (κ2) is 9.03. The van der Waals surface area contributed by atoms with Crippen molar-refractivity contribution in [3.05, 3.63) is 59.9 Å². The number of nitrogens with zero attached hydrogens (tertiary/aromatic N) is 2. The Morgan fingerprint density at radius 3 is 2.36 bits per heavy atom. The Labute approximate surface area is 164 Å². The van der Waals surface area contributed by atoms with Crippen LogP contribution >= 0.6 is 0 Å². The van der Waals surface area contributed by atoms with Crippen LogP contribution in [0.25, 0.3) is 0 Å². The van der Waals surface area contributed by atoms with Gasteiger partial charge in [-0.05, 0) is 25.1 Å². The third-order valence-corrected chi connectivity index (χ3v) is 5.94. The third-order valence-electron chi connectivity index (χ3n) is 4.13. The molecule has 0 spiro atoms. The minimum atomic E-state index is -4.08. The largest absolute Gasteiger partial charge is 0.496 e. The number of anilines is 1. The van der Waals surface area contributed by atoms with E-state index in [2.05, 4.69) is 5.32 Å². The average Bonchev–Trinajstić information content (AvgIpc) is 2.66. The van der Waals surface area contributed by atoms with Crippen LogP contribution in [-0.2, 0) is 15.0 Å². The minimum absolute atomic E-state index is 0.198. The van der Waals surface area contributed by atoms with E-state index in [0.717, 1.165) is 20.2 Å². The molecule has 0 saturated heterocycles. The Morgan fingerprint density at radius 2 is 1.75 bits per heavy atom. The molecule has 0 bridgehead atoms. The van der Waals surface area contributed by atoms with Gasteiger partial charge in [0.05, 0.1) is 18.8 Å². The molecule has 9 heteroatoms. The summed E-state index contributed by atoms with van der Waals surface area (Å²) in [6, 6.07) is 12.1. The molecular formula is C19H24FN3O4S. The standard InChI is InChI=1S/C19H24FN3O4S/c1-14(15-9-5-8-12-18(15)27-4)21-19(24)13-23(28(25,26)22(2)3)17-11-7-6-10-16(17)20/h5-12,14H,13H2,1-4H3,(H,21,24). The van der Waals surface area contributed by atoms with Gasteiger partial charge in [-0.2, -0.15) is 12.7 Å². The van der Waals surface area contributed by atoms with E-state index in [4.69, 9.17) is 4.74 Å². The van der Waals surface area contributed by atoms with Gasteiger partial charge in [0.1, 0.15) is 18.1 Å². The molecule has 0 heterocycles. The number of benzene rings is 2. The van der Waals surface area contributed by atoms with Gasteiger partial charge in [0, 0.05) is 19.7 Å². The molecule has 0 aliphatic heterocycles. The van der Waals surface area contributed by atoms with Gasteiger partial charge < -0.3 is 10.1 Å². The fourth-order valence-electron chi connectivity index (χ4n) is 2.66. The molecule has 1 atom stereocenters. The fourth-order valence-corrected chi connectivity index (χ4v) is 3.73. The van der Waals surface area contributed by atoms with Crippen LogP contribution in [0, 0.1) is 5.82 Å². The first-order valence-electron chi connectivity index (χ1n) is 8.55. The summed E-state index contributed by atoms with van der Waals surface area (Å²) >= 11 is 0. The first-order valence-corrected chi connectivity index (χ1v) is 9.95. The molecule has 2 rings (SSSR count). The number of carbonyl (C=O) groups excluding carboxylic acids is 1. The highest BCUT2D eigenvalue weighted by Crippen LogP contribution is 2.25. The zero-order valence-corrected chi connectivity index (χ0v) is 17.0. The van der Waals surface area contributed by atoms with E-state index in [9.17, 15) is 17.6 Å². The van der Waals surface area contributed by atoms with Crippen molar-refractivity contribution in [3.63, 3.8) is 0 Å². The predicted octanol–water partition coefficient (Wildman–Crippen LogP) is 2.32. The maximum atomic E-state index is 14.2. The molecule has 0 fully saturated rings. The predicted molar refractivity (Wildman–Crippen MR) is 106 cm³/mol. The summed E-state index contributed by atoms with van der Waals surface area (Å²) in [7, 11) is 0.0790. The van der Waals surface area contributed by atoms with Crippen molar-refractivity contribution in [1.82, 2.24) is 9.62 Å². The highest BCUT2D eigenvalue weighted by Gasteiger charge is 2.29. The first kappa shape index (κ1) is 21.6. The van der Waals surface area contributed by atoms with Crippen molar-refractivity contribution in [1.29, 1.82) is 0 Å². The first-order chi connectivity index (χ1) is 13.2. The summed E-state index contributed by atoms with van der Waals surface area (Å²) in [5, 5.41) is 2.74. The summed E-state index contributed by atoms with van der Waals surface area (Å²) in [6.07, 6.45) is 0. The van der Waals surface area contributed by atoms with E-state index in [0.29, 0.717) is 5.75 Å². The number of rotatable bonds is 8. The quantitative estimate of drug-likeness (QED) is 0.726. The smallest absolute Gasteiger partial charge is 0.304 e. The van der Waals surface area contributed by atoms with Gasteiger partial charge >= 0.3 is 10.2 Å². The van der Waals surface area contributed by atoms with Crippen LogP contribution in [-0.4, -0.2) is 46.4 Å². The maximum Gasteiger partial charge on any atom is 0.304 e. The Kier molecular flexibility index (Phi) is 6.98. The van der Waals surface area contributed by atoms with Gasteiger partial charge in [0.15, 0.2) is 0 Å². The van der Waals surface area contributed by atoms with Crippen molar-refractivity contribution in [2.45, 2.75) is 13.0 Å². The van der Waals surface area contributed by atoms with Crippen LogP contribution in [0.4, 0.5) is 10.1 Å². The molecule has 152 valence electrons. The van der Waals surface area contributed by atoms with Gasteiger partial charge in [-0.3, -0.25) is 4.79 Å². The highest BCUT2D eigenvalue weighted by molar-refractivity contribution is 7.90. The van der Waals surface area contributed by atoms with Crippen LogP contribution in [0.15, 0.2) is 48.5 Å². The highest BCUT2D eigenvalue weighted by atomic mass is 32.2. The van der Waals surface area contributed by atoms with Crippen molar-refractivity contribution in [2.75, 3.05) is 32.1 Å². The molecule has 2 aromatic carbocycles. The van der Waals surface area contributed by atoms with E-state index < -0.39 is 34.5 Å². The number of para-hydroxylation sites is 2. The summed E-state index contributed by atoms with van der Waals surface area (Å²) < 4.78 is 46.5. The van der Waals surface area contributed by atoms with Crippen LogP contribution in [0.5, 0.6) is 5.75 Å². The van der Waals surface area contributed by atoms with Crippen molar-refractivity contribution in [3.8, 4) is 5.75 Å². The third kappa shape index (κ3) is 4.79. The van der Waals surface area contributed by atoms with E-state index in [1.54, 1.807) is 25.1 Å². The van der Waals surface area contributed by atoms with E-state index in [1.165, 1.54) is 39.4 Å². The number of methoxy groups -OCH3 is 1. The zero-order valence-electron chi connectivity index (χ0n) is 16.2. The number of amides is 1. The Balaban J connectivity index is 2.27. The number of carbonyl (C=O) groups is 1. The van der Waals surface area contributed by atoms with E-state index in [-0.39, 0.29) is 5.69 Å². The normalized spacial score (nSPS) is 12.5. The number of hydrogen-bond acceptors (Lipinski definition) is 4. The van der Waals surface area contributed by atoms with Gasteiger partial charge in [-0.15, -0.1) is 0 Å². The van der Waals surface area contributed by atoms with E-state index in [1.807, 2.05) is 6.07 Å². The van der Waals surface area contributed by atoms with Crippen molar-refractivity contribution < 1.29 is 22.3 Å². The van der Waals surface area contributed by atoms with E-state index >= 15 is 0 Å². The minimum Gasteiger partial charge on any atom is -0.496 e. The van der Waals surface area contributed by atoms with Crippen LogP contribution in [0.3, 0.4) is 0 Å². The van der Waals surface area contributed by atoms with Gasteiger partial charge in [-0.1, -0.05) is 30.3 Å². The summed E-state index contributed by atoms with van der Waals surface area (Å²) in [6.45, 7) is 1.19. The lowest BCUT2D eigenvalue weighted by Crippen LogP contribution is -2.46. The molecule has 7 nitrogen and oxygen atoms in total. The number of ether oxygens (including phenoxy) is 1. The van der Waals surface area contributed by atoms with Crippen LogP contribution in [0.1, 0.15) is 18.5 Å². The number of halogens is 1. The Bertz CT molecular complexity index is 934. The van der Waals surface area contributed by atoms with Gasteiger partial charge in [-0.25, -0.2) is 8.70 Å². The topological polar surface area (TPSA) is 79.0 Å². The molecule has 1 unspecified atom stereocenters. The van der Waals surface area contributed by atoms with Crippen molar-refractivity contribution >= 4 is 21.8 Å². The second-order valence-corrected chi connectivity index (χ2v) is 8.35. The molecule has 2 aromatic rings. The van der Waals surface area contributed by atoms with Crippen LogP contribution in [0.2, 0.25) is 0 Å². The summed E-state index contributed by atoms with van der Waals surface area (Å²) in [5.41, 5.74) is 0.544. The lowest BCUT2D eigenvalue weighted by molar-refractivity contribution is -0.120. The Hall–Kier alpha value is -2.65. The average molecular weight is 409 g/mol. The lowest BCUT2D eigenvalue weighted by Gasteiger charge is -2.28. The maximum absolute atomic E-state index is 14.2. The summed E-state index contributed by atoms with van der Waals surface area (Å²) in [5.74, 6) is -0.715. The van der Waals surface area contributed by atoms with Crippen molar-refractivity contribution in [2.24, 2.45) is 0 Å². The molecule has 0 radical (unpaired) electrons.